The number of hydrogen-bond acceptors (Lipinski definition) is 6. The van der Waals surface area contributed by atoms with Crippen LogP contribution < -0.4 is 5.01 Å². The van der Waals surface area contributed by atoms with Gasteiger partial charge in [-0.3, -0.25) is 4.79 Å². The van der Waals surface area contributed by atoms with Crippen molar-refractivity contribution in [3.63, 3.8) is 0 Å². The van der Waals surface area contributed by atoms with Gasteiger partial charge < -0.3 is 14.4 Å². The number of carbonyl (C=O) groups excluding carboxylic acids is 2. The summed E-state index contributed by atoms with van der Waals surface area (Å²) in [6.07, 6.45) is 2.16. The number of carboxylic acid groups (broad SMARTS) is 1. The monoisotopic (exact) mass is 362 g/mol. The summed E-state index contributed by atoms with van der Waals surface area (Å²) in [5, 5.41) is 14.4. The van der Waals surface area contributed by atoms with Crippen LogP contribution in [0, 0.1) is 0 Å². The molecule has 0 bridgehead atoms. The fourth-order valence-electron chi connectivity index (χ4n) is 2.28. The minimum Gasteiger partial charge on any atom is -0.477 e. The van der Waals surface area contributed by atoms with Crippen molar-refractivity contribution >= 4 is 39.5 Å². The Hall–Kier alpha value is -3.14. The van der Waals surface area contributed by atoms with Crippen LogP contribution in [-0.4, -0.2) is 44.1 Å². The molecule has 0 unspecified atom stereocenters. The third-order valence-corrected chi connectivity index (χ3v) is 4.53. The van der Waals surface area contributed by atoms with Gasteiger partial charge in [-0.05, 0) is 25.1 Å². The number of ether oxygens (including phenoxy) is 1. The summed E-state index contributed by atoms with van der Waals surface area (Å²) in [6.45, 7) is 1.69. The van der Waals surface area contributed by atoms with Crippen LogP contribution in [0.25, 0.3) is 10.2 Å². The number of carbonyl (C=O) groups is 3. The molecule has 3 aromatic rings. The van der Waals surface area contributed by atoms with Gasteiger partial charge in [0.25, 0.3) is 0 Å². The molecule has 0 atom stereocenters. The zero-order valence-corrected chi connectivity index (χ0v) is 14.2. The predicted molar refractivity (Wildman–Crippen MR) is 89.6 cm³/mol. The fourth-order valence-corrected chi connectivity index (χ4v) is 3.21. The molecule has 2 amide bonds. The third-order valence-electron chi connectivity index (χ3n) is 3.42. The lowest BCUT2D eigenvalue weighted by Crippen LogP contribution is -2.46. The highest BCUT2D eigenvalue weighted by Crippen LogP contribution is 2.26. The topological polar surface area (TPSA) is 107 Å². The maximum atomic E-state index is 12.9. The van der Waals surface area contributed by atoms with Crippen LogP contribution >= 0.6 is 11.3 Å². The summed E-state index contributed by atoms with van der Waals surface area (Å²) in [5.74, 6) is -1.73. The van der Waals surface area contributed by atoms with Gasteiger partial charge in [0.15, 0.2) is 0 Å². The average Bonchev–Trinajstić information content (AvgIpc) is 3.24. The zero-order valence-electron chi connectivity index (χ0n) is 13.4. The molecule has 0 saturated heterocycles. The Kier molecular flexibility index (Phi) is 4.28. The first-order chi connectivity index (χ1) is 11.9. The molecule has 0 radical (unpaired) electrons. The van der Waals surface area contributed by atoms with Gasteiger partial charge in [0.05, 0.1) is 12.8 Å². The minimum atomic E-state index is -1.09. The number of imide groups is 1. The Balaban J connectivity index is 2.12. The smallest absolute Gasteiger partial charge is 0.438 e. The first kappa shape index (κ1) is 16.7. The molecule has 0 spiro atoms. The van der Waals surface area contributed by atoms with Crippen LogP contribution in [-0.2, 0) is 11.8 Å². The minimum absolute atomic E-state index is 0.0744. The van der Waals surface area contributed by atoms with E-state index in [1.165, 1.54) is 12.3 Å². The van der Waals surface area contributed by atoms with Gasteiger partial charge in [0, 0.05) is 18.6 Å². The molecule has 130 valence electrons. The Morgan fingerprint density at radius 3 is 2.76 bits per heavy atom. The van der Waals surface area contributed by atoms with Crippen LogP contribution in [0.4, 0.5) is 4.79 Å². The molecule has 0 aliphatic carbocycles. The summed E-state index contributed by atoms with van der Waals surface area (Å²) in [6, 6.07) is 4.66. The SMILES string of the molecule is CCOC(=O)N(C(=O)c1cccn1C)n1ncc2cc(C(=O)O)sc21. The number of fused-ring (bicyclic) bond motifs is 1. The van der Waals surface area contributed by atoms with E-state index in [0.717, 1.165) is 21.1 Å². The lowest BCUT2D eigenvalue weighted by atomic mass is 10.4. The molecule has 3 aromatic heterocycles. The number of rotatable bonds is 4. The van der Waals surface area contributed by atoms with Gasteiger partial charge in [0.1, 0.15) is 15.4 Å². The normalized spacial score (nSPS) is 10.8. The number of thiophene rings is 1. The molecule has 10 heteroatoms. The average molecular weight is 362 g/mol. The summed E-state index contributed by atoms with van der Waals surface area (Å²) >= 11 is 0.914. The number of nitrogens with zero attached hydrogens (tertiary/aromatic N) is 4. The number of aromatic nitrogens is 3. The first-order valence-electron chi connectivity index (χ1n) is 7.27. The quantitative estimate of drug-likeness (QED) is 0.761. The van der Waals surface area contributed by atoms with Crippen molar-refractivity contribution in [3.05, 3.63) is 41.2 Å². The first-order valence-corrected chi connectivity index (χ1v) is 8.09. The summed E-state index contributed by atoms with van der Waals surface area (Å²) < 4.78 is 6.54. The molecule has 0 saturated carbocycles. The van der Waals surface area contributed by atoms with Gasteiger partial charge in [-0.15, -0.1) is 21.1 Å². The number of amides is 2. The lowest BCUT2D eigenvalue weighted by molar-refractivity contribution is 0.0701. The van der Waals surface area contributed by atoms with Gasteiger partial charge in [-0.2, -0.15) is 5.10 Å². The van der Waals surface area contributed by atoms with E-state index >= 15 is 0 Å². The van der Waals surface area contributed by atoms with Crippen molar-refractivity contribution in [1.29, 1.82) is 0 Å². The van der Waals surface area contributed by atoms with Crippen LogP contribution in [0.2, 0.25) is 0 Å². The van der Waals surface area contributed by atoms with E-state index in [1.54, 1.807) is 36.9 Å². The summed E-state index contributed by atoms with van der Waals surface area (Å²) in [5.41, 5.74) is 0.256. The van der Waals surface area contributed by atoms with Gasteiger partial charge in [0.2, 0.25) is 0 Å². The summed E-state index contributed by atoms with van der Waals surface area (Å²) in [7, 11) is 1.67. The molecule has 0 aromatic carbocycles. The molecular formula is C15H14N4O5S. The largest absolute Gasteiger partial charge is 0.477 e. The third kappa shape index (κ3) is 2.87. The Morgan fingerprint density at radius 1 is 1.40 bits per heavy atom. The van der Waals surface area contributed by atoms with Crippen LogP contribution in [0.3, 0.4) is 0 Å². The van der Waals surface area contributed by atoms with Gasteiger partial charge in [-0.25, -0.2) is 9.59 Å². The van der Waals surface area contributed by atoms with Crippen LogP contribution in [0.15, 0.2) is 30.6 Å². The van der Waals surface area contributed by atoms with E-state index in [2.05, 4.69) is 5.10 Å². The molecule has 3 heterocycles. The maximum absolute atomic E-state index is 12.9. The van der Waals surface area contributed by atoms with Crippen molar-refractivity contribution in [2.75, 3.05) is 11.6 Å². The lowest BCUT2D eigenvalue weighted by Gasteiger charge is -2.20. The number of aryl methyl sites for hydroxylation is 1. The Bertz CT molecular complexity index is 970. The van der Waals surface area contributed by atoms with Gasteiger partial charge in [-0.1, -0.05) is 0 Å². The molecule has 1 N–H and O–H groups in total. The Labute approximate surface area is 145 Å². The molecule has 25 heavy (non-hydrogen) atoms. The highest BCUT2D eigenvalue weighted by atomic mass is 32.1. The second kappa shape index (κ2) is 6.40. The molecule has 0 aliphatic rings. The number of carboxylic acids is 1. The van der Waals surface area contributed by atoms with Crippen molar-refractivity contribution in [1.82, 2.24) is 14.5 Å². The predicted octanol–water partition coefficient (Wildman–Crippen LogP) is 2.07. The second-order valence-electron chi connectivity index (χ2n) is 5.03. The molecule has 9 nitrogen and oxygen atoms in total. The highest BCUT2D eigenvalue weighted by molar-refractivity contribution is 7.20. The number of aromatic carboxylic acids is 1. The molecule has 3 rings (SSSR count). The van der Waals surface area contributed by atoms with E-state index in [9.17, 15) is 14.4 Å². The van der Waals surface area contributed by atoms with E-state index in [-0.39, 0.29) is 17.2 Å². The van der Waals surface area contributed by atoms with Gasteiger partial charge >= 0.3 is 18.0 Å². The second-order valence-corrected chi connectivity index (χ2v) is 6.06. The van der Waals surface area contributed by atoms with Crippen LogP contribution in [0.1, 0.15) is 27.1 Å². The van der Waals surface area contributed by atoms with Crippen LogP contribution in [0.5, 0.6) is 0 Å². The molecule has 0 fully saturated rings. The van der Waals surface area contributed by atoms with E-state index in [1.807, 2.05) is 0 Å². The Morgan fingerprint density at radius 2 is 2.16 bits per heavy atom. The summed E-state index contributed by atoms with van der Waals surface area (Å²) in [4.78, 5) is 37.9. The van der Waals surface area contributed by atoms with Crippen molar-refractivity contribution < 1.29 is 24.2 Å². The molecular weight excluding hydrogens is 348 g/mol. The van der Waals surface area contributed by atoms with Crippen molar-refractivity contribution in [2.45, 2.75) is 6.92 Å². The zero-order chi connectivity index (χ0) is 18.1. The molecule has 0 aliphatic heterocycles. The number of hydrogen-bond donors (Lipinski definition) is 1. The standard InChI is InChI=1S/C15H14N4O5S/c1-3-24-15(23)18(12(20)10-5-4-6-17(10)2)19-13-9(8-16-19)7-11(25-13)14(21)22/h4-8H,3H2,1-2H3,(H,21,22). The fraction of sp³-hybridized carbons (Fsp3) is 0.200. The van der Waals surface area contributed by atoms with Crippen molar-refractivity contribution in [3.8, 4) is 0 Å². The van der Waals surface area contributed by atoms with E-state index in [0.29, 0.717) is 10.2 Å². The van der Waals surface area contributed by atoms with E-state index < -0.39 is 18.0 Å². The maximum Gasteiger partial charge on any atom is 0.438 e. The highest BCUT2D eigenvalue weighted by Gasteiger charge is 2.30. The van der Waals surface area contributed by atoms with Crippen molar-refractivity contribution in [2.24, 2.45) is 7.05 Å². The van der Waals surface area contributed by atoms with E-state index in [4.69, 9.17) is 9.84 Å².